The number of unbranched alkanes of at least 4 members (excludes halogenated alkanes) is 2. The molecule has 0 spiro atoms. The Morgan fingerprint density at radius 1 is 1.36 bits per heavy atom. The second-order valence-electron chi connectivity index (χ2n) is 2.96. The number of phenolic OH excluding ortho intramolecular Hbond substituents is 1. The molecule has 0 saturated heterocycles. The molecule has 1 aromatic rings. The van der Waals surface area contributed by atoms with Gasteiger partial charge in [-0.05, 0) is 25.0 Å². The third-order valence-electron chi connectivity index (χ3n) is 1.77. The minimum absolute atomic E-state index is 0.208. The summed E-state index contributed by atoms with van der Waals surface area (Å²) in [6.45, 7) is 0.588. The summed E-state index contributed by atoms with van der Waals surface area (Å²) < 4.78 is 5.36. The highest BCUT2D eigenvalue weighted by atomic mass is 16.5. The number of aromatic hydroxyl groups is 1. The molecule has 0 amide bonds. The molecule has 0 bridgehead atoms. The highest BCUT2D eigenvalue weighted by molar-refractivity contribution is 5.31. The van der Waals surface area contributed by atoms with Gasteiger partial charge in [0.05, 0.1) is 12.7 Å². The van der Waals surface area contributed by atoms with E-state index in [1.165, 1.54) is 0 Å². The second kappa shape index (κ2) is 5.87. The van der Waals surface area contributed by atoms with Crippen LogP contribution >= 0.6 is 0 Å². The van der Waals surface area contributed by atoms with Crippen molar-refractivity contribution in [2.75, 3.05) is 6.61 Å². The predicted octanol–water partition coefficient (Wildman–Crippen LogP) is 2.46. The van der Waals surface area contributed by atoms with Gasteiger partial charge in [-0.15, -0.1) is 0 Å². The lowest BCUT2D eigenvalue weighted by atomic mass is 10.2. The topological polar surface area (TPSA) is 53.2 Å². The highest BCUT2D eigenvalue weighted by Gasteiger charge is 1.94. The largest absolute Gasteiger partial charge is 0.508 e. The van der Waals surface area contributed by atoms with Crippen LogP contribution < -0.4 is 4.74 Å². The number of nitrogens with zero attached hydrogens (tertiary/aromatic N) is 1. The molecule has 1 aromatic carbocycles. The molecule has 0 aliphatic carbocycles. The zero-order valence-corrected chi connectivity index (χ0v) is 7.94. The van der Waals surface area contributed by atoms with Crippen LogP contribution in [0.25, 0.3) is 0 Å². The molecule has 0 atom stereocenters. The molecule has 14 heavy (non-hydrogen) atoms. The van der Waals surface area contributed by atoms with Gasteiger partial charge in [-0.25, -0.2) is 0 Å². The van der Waals surface area contributed by atoms with Crippen LogP contribution in [0.2, 0.25) is 0 Å². The van der Waals surface area contributed by atoms with E-state index in [0.29, 0.717) is 18.8 Å². The van der Waals surface area contributed by atoms with Gasteiger partial charge in [-0.3, -0.25) is 0 Å². The number of benzene rings is 1. The van der Waals surface area contributed by atoms with Crippen LogP contribution in [0.5, 0.6) is 11.5 Å². The van der Waals surface area contributed by atoms with Crippen molar-refractivity contribution in [3.8, 4) is 17.6 Å². The molecule has 0 fully saturated rings. The predicted molar refractivity (Wildman–Crippen MR) is 53.1 cm³/mol. The van der Waals surface area contributed by atoms with Crippen LogP contribution in [-0.4, -0.2) is 11.7 Å². The summed E-state index contributed by atoms with van der Waals surface area (Å²) in [5.74, 6) is 0.876. The summed E-state index contributed by atoms with van der Waals surface area (Å²) >= 11 is 0. The van der Waals surface area contributed by atoms with Crippen molar-refractivity contribution in [3.05, 3.63) is 24.3 Å². The molecule has 74 valence electrons. The molecule has 1 rings (SSSR count). The Balaban J connectivity index is 2.22. The van der Waals surface area contributed by atoms with Crippen LogP contribution in [0.4, 0.5) is 0 Å². The van der Waals surface area contributed by atoms with Crippen LogP contribution in [0.1, 0.15) is 19.3 Å². The highest BCUT2D eigenvalue weighted by Crippen LogP contribution is 2.17. The van der Waals surface area contributed by atoms with Crippen LogP contribution in [0, 0.1) is 11.3 Å². The first-order valence-electron chi connectivity index (χ1n) is 4.61. The van der Waals surface area contributed by atoms with Gasteiger partial charge in [0.1, 0.15) is 11.5 Å². The van der Waals surface area contributed by atoms with Gasteiger partial charge in [-0.2, -0.15) is 5.26 Å². The fourth-order valence-corrected chi connectivity index (χ4v) is 1.07. The Labute approximate surface area is 83.6 Å². The van der Waals surface area contributed by atoms with Crippen molar-refractivity contribution < 1.29 is 9.84 Å². The standard InChI is InChI=1S/C11H13NO2/c12-7-2-1-3-8-14-11-6-4-5-10(13)9-11/h4-6,9,13H,1-3,8H2. The number of rotatable bonds is 5. The molecule has 0 aliphatic heterocycles. The molecule has 0 heterocycles. The lowest BCUT2D eigenvalue weighted by molar-refractivity contribution is 0.306. The third-order valence-corrected chi connectivity index (χ3v) is 1.77. The van der Waals surface area contributed by atoms with E-state index in [2.05, 4.69) is 6.07 Å². The quantitative estimate of drug-likeness (QED) is 0.727. The van der Waals surface area contributed by atoms with E-state index >= 15 is 0 Å². The van der Waals surface area contributed by atoms with Gasteiger partial charge < -0.3 is 9.84 Å². The van der Waals surface area contributed by atoms with Crippen LogP contribution in [0.3, 0.4) is 0 Å². The SMILES string of the molecule is N#CCCCCOc1cccc(O)c1. The van der Waals surface area contributed by atoms with E-state index in [1.54, 1.807) is 24.3 Å². The maximum Gasteiger partial charge on any atom is 0.122 e. The van der Waals surface area contributed by atoms with E-state index in [1.807, 2.05) is 0 Å². The Hall–Kier alpha value is -1.69. The fourth-order valence-electron chi connectivity index (χ4n) is 1.07. The van der Waals surface area contributed by atoms with Crippen molar-refractivity contribution in [3.63, 3.8) is 0 Å². The van der Waals surface area contributed by atoms with Gasteiger partial charge >= 0.3 is 0 Å². The number of phenols is 1. The molecule has 1 N–H and O–H groups in total. The Bertz CT molecular complexity index is 317. The number of nitriles is 1. The van der Waals surface area contributed by atoms with Gasteiger partial charge in [0, 0.05) is 12.5 Å². The molecular formula is C11H13NO2. The van der Waals surface area contributed by atoms with E-state index in [4.69, 9.17) is 15.1 Å². The molecule has 3 nitrogen and oxygen atoms in total. The summed E-state index contributed by atoms with van der Waals surface area (Å²) in [5, 5.41) is 17.4. The van der Waals surface area contributed by atoms with Gasteiger partial charge in [0.2, 0.25) is 0 Å². The molecule has 3 heteroatoms. The Kier molecular flexibility index (Phi) is 4.36. The molecule has 0 unspecified atom stereocenters. The monoisotopic (exact) mass is 191 g/mol. The molecule has 0 aliphatic rings. The summed E-state index contributed by atoms with van der Waals surface area (Å²) in [6.07, 6.45) is 2.29. The number of hydrogen-bond donors (Lipinski definition) is 1. The minimum atomic E-state index is 0.208. The first-order chi connectivity index (χ1) is 6.83. The maximum absolute atomic E-state index is 9.13. The average molecular weight is 191 g/mol. The number of ether oxygens (including phenoxy) is 1. The summed E-state index contributed by atoms with van der Waals surface area (Å²) in [5.41, 5.74) is 0. The average Bonchev–Trinajstić information content (AvgIpc) is 2.18. The van der Waals surface area contributed by atoms with Crippen molar-refractivity contribution in [1.29, 1.82) is 5.26 Å². The van der Waals surface area contributed by atoms with E-state index < -0.39 is 0 Å². The van der Waals surface area contributed by atoms with Crippen LogP contribution in [0.15, 0.2) is 24.3 Å². The molecule has 0 aromatic heterocycles. The molecule has 0 saturated carbocycles. The van der Waals surface area contributed by atoms with Crippen molar-refractivity contribution in [1.82, 2.24) is 0 Å². The van der Waals surface area contributed by atoms with Gasteiger partial charge in [0.25, 0.3) is 0 Å². The maximum atomic E-state index is 9.13. The first-order valence-corrected chi connectivity index (χ1v) is 4.61. The Morgan fingerprint density at radius 2 is 2.21 bits per heavy atom. The van der Waals surface area contributed by atoms with E-state index in [9.17, 15) is 0 Å². The van der Waals surface area contributed by atoms with E-state index in [0.717, 1.165) is 12.8 Å². The van der Waals surface area contributed by atoms with Crippen molar-refractivity contribution in [2.45, 2.75) is 19.3 Å². The molecule has 0 radical (unpaired) electrons. The smallest absolute Gasteiger partial charge is 0.122 e. The zero-order chi connectivity index (χ0) is 10.2. The normalized spacial score (nSPS) is 9.36. The Morgan fingerprint density at radius 3 is 2.93 bits per heavy atom. The first kappa shape index (κ1) is 10.4. The summed E-state index contributed by atoms with van der Waals surface area (Å²) in [6, 6.07) is 8.79. The second-order valence-corrected chi connectivity index (χ2v) is 2.96. The van der Waals surface area contributed by atoms with E-state index in [-0.39, 0.29) is 5.75 Å². The minimum Gasteiger partial charge on any atom is -0.508 e. The lowest BCUT2D eigenvalue weighted by Crippen LogP contribution is -1.96. The van der Waals surface area contributed by atoms with Crippen LogP contribution in [-0.2, 0) is 0 Å². The number of hydrogen-bond acceptors (Lipinski definition) is 3. The third kappa shape index (κ3) is 3.81. The lowest BCUT2D eigenvalue weighted by Gasteiger charge is -2.04. The fraction of sp³-hybridized carbons (Fsp3) is 0.364. The van der Waals surface area contributed by atoms with Gasteiger partial charge in [0.15, 0.2) is 0 Å². The van der Waals surface area contributed by atoms with Crippen molar-refractivity contribution >= 4 is 0 Å². The summed E-state index contributed by atoms with van der Waals surface area (Å²) in [7, 11) is 0. The van der Waals surface area contributed by atoms with Crippen molar-refractivity contribution in [2.24, 2.45) is 0 Å². The summed E-state index contributed by atoms with van der Waals surface area (Å²) in [4.78, 5) is 0. The molecular weight excluding hydrogens is 178 g/mol. The van der Waals surface area contributed by atoms with Gasteiger partial charge in [-0.1, -0.05) is 6.07 Å². The zero-order valence-electron chi connectivity index (χ0n) is 7.94.